The minimum Gasteiger partial charge on any atom is -0.302 e. The SMILES string of the molecule is O=C(Nc1nc(-c2ccc(F)cc2)cs1)C1CCN(S(=O)(=O)c2cccnc2)CC1. The van der Waals surface area contributed by atoms with Gasteiger partial charge in [0.1, 0.15) is 10.7 Å². The molecule has 1 aromatic carbocycles. The third-order valence-electron chi connectivity index (χ3n) is 4.97. The quantitative estimate of drug-likeness (QED) is 0.649. The molecule has 0 radical (unpaired) electrons. The van der Waals surface area contributed by atoms with E-state index in [0.29, 0.717) is 23.7 Å². The van der Waals surface area contributed by atoms with E-state index in [1.165, 1.54) is 46.2 Å². The van der Waals surface area contributed by atoms with Gasteiger partial charge in [-0.25, -0.2) is 17.8 Å². The molecule has 0 saturated carbocycles. The van der Waals surface area contributed by atoms with E-state index < -0.39 is 10.0 Å². The van der Waals surface area contributed by atoms with Crippen LogP contribution in [-0.2, 0) is 14.8 Å². The van der Waals surface area contributed by atoms with Gasteiger partial charge in [-0.05, 0) is 49.2 Å². The van der Waals surface area contributed by atoms with E-state index in [4.69, 9.17) is 0 Å². The van der Waals surface area contributed by atoms with E-state index in [2.05, 4.69) is 15.3 Å². The summed E-state index contributed by atoms with van der Waals surface area (Å²) in [4.78, 5) is 21.0. The van der Waals surface area contributed by atoms with Crippen LogP contribution in [0.25, 0.3) is 11.3 Å². The van der Waals surface area contributed by atoms with Gasteiger partial charge in [0.25, 0.3) is 0 Å². The molecule has 0 aliphatic carbocycles. The van der Waals surface area contributed by atoms with E-state index in [1.807, 2.05) is 0 Å². The number of carbonyl (C=O) groups is 1. The van der Waals surface area contributed by atoms with E-state index in [-0.39, 0.29) is 35.6 Å². The Balaban J connectivity index is 1.35. The number of nitrogens with one attached hydrogen (secondary N) is 1. The highest BCUT2D eigenvalue weighted by Gasteiger charge is 2.32. The van der Waals surface area contributed by atoms with Crippen molar-refractivity contribution in [1.29, 1.82) is 0 Å². The molecule has 156 valence electrons. The summed E-state index contributed by atoms with van der Waals surface area (Å²) in [6, 6.07) is 9.09. The van der Waals surface area contributed by atoms with Crippen LogP contribution in [-0.4, -0.2) is 41.7 Å². The lowest BCUT2D eigenvalue weighted by atomic mass is 9.97. The number of anilines is 1. The molecule has 10 heteroatoms. The lowest BCUT2D eigenvalue weighted by Crippen LogP contribution is -2.41. The van der Waals surface area contributed by atoms with Crippen LogP contribution >= 0.6 is 11.3 Å². The molecular formula is C20H19FN4O3S2. The van der Waals surface area contributed by atoms with Gasteiger partial charge in [-0.2, -0.15) is 4.31 Å². The Hall–Kier alpha value is -2.69. The molecule has 0 spiro atoms. The molecular weight excluding hydrogens is 427 g/mol. The number of piperidine rings is 1. The van der Waals surface area contributed by atoms with Crippen LogP contribution in [0.15, 0.2) is 59.1 Å². The third-order valence-corrected chi connectivity index (χ3v) is 7.61. The number of amides is 1. The molecule has 3 aromatic rings. The number of hydrogen-bond acceptors (Lipinski definition) is 6. The summed E-state index contributed by atoms with van der Waals surface area (Å²) >= 11 is 1.29. The summed E-state index contributed by atoms with van der Waals surface area (Å²) in [6.07, 6.45) is 3.72. The van der Waals surface area contributed by atoms with Gasteiger partial charge in [-0.1, -0.05) is 0 Å². The number of benzene rings is 1. The second-order valence-electron chi connectivity index (χ2n) is 6.90. The molecule has 1 saturated heterocycles. The maximum absolute atomic E-state index is 13.1. The first kappa shape index (κ1) is 20.6. The van der Waals surface area contributed by atoms with Crippen LogP contribution in [0.1, 0.15) is 12.8 Å². The molecule has 3 heterocycles. The van der Waals surface area contributed by atoms with E-state index in [9.17, 15) is 17.6 Å². The topological polar surface area (TPSA) is 92.3 Å². The van der Waals surface area contributed by atoms with Crippen LogP contribution in [0.3, 0.4) is 0 Å². The Morgan fingerprint density at radius 2 is 1.90 bits per heavy atom. The number of aromatic nitrogens is 2. The molecule has 1 fully saturated rings. The van der Waals surface area contributed by atoms with Crippen LogP contribution in [0.5, 0.6) is 0 Å². The average Bonchev–Trinajstić information content (AvgIpc) is 3.23. The molecule has 1 aliphatic rings. The van der Waals surface area contributed by atoms with Crippen molar-refractivity contribution in [3.8, 4) is 11.3 Å². The van der Waals surface area contributed by atoms with Gasteiger partial charge in [0.2, 0.25) is 15.9 Å². The number of carbonyl (C=O) groups excluding carboxylic acids is 1. The molecule has 4 rings (SSSR count). The maximum atomic E-state index is 13.1. The van der Waals surface area contributed by atoms with E-state index >= 15 is 0 Å². The fraction of sp³-hybridized carbons (Fsp3) is 0.250. The van der Waals surface area contributed by atoms with Crippen molar-refractivity contribution in [2.24, 2.45) is 5.92 Å². The summed E-state index contributed by atoms with van der Waals surface area (Å²) in [6.45, 7) is 0.544. The van der Waals surface area contributed by atoms with Crippen LogP contribution < -0.4 is 5.32 Å². The number of hydrogen-bond donors (Lipinski definition) is 1. The monoisotopic (exact) mass is 446 g/mol. The first-order valence-corrected chi connectivity index (χ1v) is 11.7. The first-order valence-electron chi connectivity index (χ1n) is 9.36. The fourth-order valence-corrected chi connectivity index (χ4v) is 5.46. The molecule has 1 aliphatic heterocycles. The van der Waals surface area contributed by atoms with Crippen LogP contribution in [0.4, 0.5) is 9.52 Å². The maximum Gasteiger partial charge on any atom is 0.244 e. The standard InChI is InChI=1S/C20H19FN4O3S2/c21-16-5-3-14(4-6-16)18-13-29-20(23-18)24-19(26)15-7-10-25(11-8-15)30(27,28)17-2-1-9-22-12-17/h1-6,9,12-13,15H,7-8,10-11H2,(H,23,24,26). The van der Waals surface area contributed by atoms with Crippen molar-refractivity contribution in [3.63, 3.8) is 0 Å². The van der Waals surface area contributed by atoms with Gasteiger partial charge in [-0.3, -0.25) is 9.78 Å². The second-order valence-corrected chi connectivity index (χ2v) is 9.70. The Morgan fingerprint density at radius 1 is 1.17 bits per heavy atom. The van der Waals surface area contributed by atoms with Crippen molar-refractivity contribution in [1.82, 2.24) is 14.3 Å². The first-order chi connectivity index (χ1) is 14.4. The molecule has 30 heavy (non-hydrogen) atoms. The molecule has 0 atom stereocenters. The van der Waals surface area contributed by atoms with Gasteiger partial charge >= 0.3 is 0 Å². The fourth-order valence-electron chi connectivity index (χ4n) is 3.30. The Labute approximate surface area is 177 Å². The predicted molar refractivity (Wildman–Crippen MR) is 112 cm³/mol. The van der Waals surface area contributed by atoms with Gasteiger partial charge in [0.15, 0.2) is 5.13 Å². The predicted octanol–water partition coefficient (Wildman–Crippen LogP) is 3.38. The van der Waals surface area contributed by atoms with Crippen LogP contribution in [0.2, 0.25) is 0 Å². The summed E-state index contributed by atoms with van der Waals surface area (Å²) < 4.78 is 39.8. The lowest BCUT2D eigenvalue weighted by molar-refractivity contribution is -0.120. The van der Waals surface area contributed by atoms with E-state index in [1.54, 1.807) is 23.6 Å². The van der Waals surface area contributed by atoms with Gasteiger partial charge in [-0.15, -0.1) is 11.3 Å². The lowest BCUT2D eigenvalue weighted by Gasteiger charge is -2.30. The molecule has 0 unspecified atom stereocenters. The number of rotatable bonds is 5. The minimum absolute atomic E-state index is 0.156. The zero-order valence-corrected chi connectivity index (χ0v) is 17.5. The van der Waals surface area contributed by atoms with Gasteiger partial charge < -0.3 is 5.32 Å². The average molecular weight is 447 g/mol. The van der Waals surface area contributed by atoms with Crippen LogP contribution in [0, 0.1) is 11.7 Å². The second kappa shape index (κ2) is 8.58. The number of pyridine rings is 1. The third kappa shape index (κ3) is 4.40. The zero-order chi connectivity index (χ0) is 21.1. The highest BCUT2D eigenvalue weighted by Crippen LogP contribution is 2.28. The number of sulfonamides is 1. The van der Waals surface area contributed by atoms with Gasteiger partial charge in [0, 0.05) is 42.3 Å². The highest BCUT2D eigenvalue weighted by atomic mass is 32.2. The van der Waals surface area contributed by atoms with Crippen molar-refractivity contribution in [3.05, 3.63) is 60.0 Å². The summed E-state index contributed by atoms with van der Waals surface area (Å²) in [5.41, 5.74) is 1.43. The highest BCUT2D eigenvalue weighted by molar-refractivity contribution is 7.89. The summed E-state index contributed by atoms with van der Waals surface area (Å²) in [5, 5.41) is 5.08. The number of thiazole rings is 1. The van der Waals surface area contributed by atoms with Crippen molar-refractivity contribution in [2.45, 2.75) is 17.7 Å². The Kier molecular flexibility index (Phi) is 5.89. The summed E-state index contributed by atoms with van der Waals surface area (Å²) in [7, 11) is -3.60. The molecule has 1 N–H and O–H groups in total. The number of halogens is 1. The Bertz CT molecular complexity index is 1130. The van der Waals surface area contributed by atoms with Gasteiger partial charge in [0.05, 0.1) is 5.69 Å². The van der Waals surface area contributed by atoms with Crippen molar-refractivity contribution < 1.29 is 17.6 Å². The smallest absolute Gasteiger partial charge is 0.244 e. The largest absolute Gasteiger partial charge is 0.302 e. The number of nitrogens with zero attached hydrogens (tertiary/aromatic N) is 3. The molecule has 1 amide bonds. The van der Waals surface area contributed by atoms with E-state index in [0.717, 1.165) is 5.56 Å². The van der Waals surface area contributed by atoms with Crippen molar-refractivity contribution >= 4 is 32.4 Å². The molecule has 0 bridgehead atoms. The normalized spacial score (nSPS) is 15.8. The molecule has 7 nitrogen and oxygen atoms in total. The molecule has 2 aromatic heterocycles. The minimum atomic E-state index is -3.60. The van der Waals surface area contributed by atoms with Crippen molar-refractivity contribution in [2.75, 3.05) is 18.4 Å². The summed E-state index contributed by atoms with van der Waals surface area (Å²) in [5.74, 6) is -0.781. The Morgan fingerprint density at radius 3 is 2.57 bits per heavy atom. The zero-order valence-electron chi connectivity index (χ0n) is 15.9.